The molecule has 2 heterocycles. The predicted molar refractivity (Wildman–Crippen MR) is 89.6 cm³/mol. The summed E-state index contributed by atoms with van der Waals surface area (Å²) in [5.41, 5.74) is 0. The summed E-state index contributed by atoms with van der Waals surface area (Å²) in [6, 6.07) is -1.14. The summed E-state index contributed by atoms with van der Waals surface area (Å²) in [7, 11) is -10.6. The molecule has 2 amide bonds. The summed E-state index contributed by atoms with van der Waals surface area (Å²) < 4.78 is 26.4. The number of hydrogen-bond donors (Lipinski definition) is 6. The molecule has 3 unspecified atom stereocenters. The second-order valence-electron chi connectivity index (χ2n) is 6.50. The van der Waals surface area contributed by atoms with Crippen molar-refractivity contribution in [1.29, 1.82) is 0 Å². The lowest BCUT2D eigenvalue weighted by atomic mass is 10.0. The number of hydrogen-bond acceptors (Lipinski definition) is 7. The molecule has 13 nitrogen and oxygen atoms in total. The molecule has 2 aliphatic heterocycles. The minimum absolute atomic E-state index is 0.679. The highest BCUT2D eigenvalue weighted by Gasteiger charge is 2.63. The molecule has 2 saturated heterocycles. The molecule has 154 valence electrons. The van der Waals surface area contributed by atoms with Crippen LogP contribution < -0.4 is 5.32 Å². The maximum absolute atomic E-state index is 12.3. The Morgan fingerprint density at radius 2 is 1.78 bits per heavy atom. The number of thioether (sulfide) groups is 1. The van der Waals surface area contributed by atoms with E-state index in [0.717, 1.165) is 16.7 Å². The van der Waals surface area contributed by atoms with E-state index in [2.05, 4.69) is 5.32 Å². The minimum Gasteiger partial charge on any atom is -0.450 e. The number of carboxylic acid groups (broad SMARTS) is 1. The van der Waals surface area contributed by atoms with Gasteiger partial charge in [-0.1, -0.05) is 0 Å². The van der Waals surface area contributed by atoms with Gasteiger partial charge in [-0.3, -0.25) is 23.6 Å². The van der Waals surface area contributed by atoms with Crippen LogP contribution in [0.1, 0.15) is 20.3 Å². The quantitative estimate of drug-likeness (QED) is 0.168. The van der Waals surface area contributed by atoms with E-state index < -0.39 is 67.4 Å². The lowest BCUT2D eigenvalue weighted by Crippen LogP contribution is -2.70. The summed E-state index contributed by atoms with van der Waals surface area (Å²) in [6.07, 6.45) is -3.86. The molecular formula is C11H18N2O11P2S. The van der Waals surface area contributed by atoms with Crippen LogP contribution in [-0.4, -0.2) is 75.3 Å². The molecule has 0 saturated carbocycles. The van der Waals surface area contributed by atoms with Gasteiger partial charge in [0.2, 0.25) is 5.91 Å². The molecule has 2 rings (SSSR count). The molecule has 0 aromatic carbocycles. The number of nitrogens with zero attached hydrogens (tertiary/aromatic N) is 1. The first-order chi connectivity index (χ1) is 12.1. The smallest absolute Gasteiger partial charge is 0.450 e. The molecular weight excluding hydrogens is 430 g/mol. The molecule has 0 bridgehead atoms. The van der Waals surface area contributed by atoms with Gasteiger partial charge in [0.15, 0.2) is 11.6 Å². The molecule has 0 radical (unpaired) electrons. The fourth-order valence-electron chi connectivity index (χ4n) is 2.82. The van der Waals surface area contributed by atoms with Gasteiger partial charge in [0, 0.05) is 0 Å². The summed E-state index contributed by atoms with van der Waals surface area (Å²) in [5, 5.41) is 7.77. The van der Waals surface area contributed by atoms with Crippen molar-refractivity contribution in [2.45, 2.75) is 48.1 Å². The molecule has 6 N–H and O–H groups in total. The molecule has 3 atom stereocenters. The fourth-order valence-corrected chi connectivity index (χ4v) is 6.75. The molecule has 0 spiro atoms. The van der Waals surface area contributed by atoms with E-state index in [0.29, 0.717) is 0 Å². The average molecular weight is 448 g/mol. The Morgan fingerprint density at radius 3 is 2.22 bits per heavy atom. The van der Waals surface area contributed by atoms with Crippen LogP contribution in [0.5, 0.6) is 0 Å². The average Bonchev–Trinajstić information content (AvgIpc) is 2.68. The normalized spacial score (nSPS) is 27.1. The van der Waals surface area contributed by atoms with E-state index in [-0.39, 0.29) is 0 Å². The van der Waals surface area contributed by atoms with Crippen LogP contribution in [-0.2, 0) is 23.5 Å². The Morgan fingerprint density at radius 1 is 1.26 bits per heavy atom. The molecule has 0 aromatic rings. The molecule has 2 aliphatic rings. The zero-order valence-corrected chi connectivity index (χ0v) is 16.6. The Bertz CT molecular complexity index is 739. The SMILES string of the molecule is CC1(C)SC2C(NC(=O)CC(P(=O)(O)O)P(=O)(O)O)C(=O)N2C1OC(=O)O. The standard InChI is InChI=1S/C11H18N2O11P2S/c1-11(2)9(24-10(16)17)13-7(15)6(8(13)27-11)12-4(14)3-5(25(18,19)20)26(21,22)23/h5-6,8-9H,3H2,1-2H3,(H,12,14)(H,16,17)(H2,18,19,20)(H2,21,22,23). The van der Waals surface area contributed by atoms with E-state index in [1.165, 1.54) is 0 Å². The first kappa shape index (κ1) is 22.2. The monoisotopic (exact) mass is 448 g/mol. The minimum atomic E-state index is -5.28. The number of nitrogens with one attached hydrogen (secondary N) is 1. The first-order valence-corrected chi connectivity index (χ1v) is 11.6. The van der Waals surface area contributed by atoms with Gasteiger partial charge in [-0.15, -0.1) is 11.8 Å². The van der Waals surface area contributed by atoms with E-state index >= 15 is 0 Å². The van der Waals surface area contributed by atoms with Gasteiger partial charge in [-0.05, 0) is 13.8 Å². The van der Waals surface area contributed by atoms with Crippen molar-refractivity contribution in [1.82, 2.24) is 10.2 Å². The van der Waals surface area contributed by atoms with Crippen LogP contribution in [0.2, 0.25) is 0 Å². The van der Waals surface area contributed by atoms with Crippen LogP contribution in [0.3, 0.4) is 0 Å². The van der Waals surface area contributed by atoms with Crippen molar-refractivity contribution in [3.63, 3.8) is 0 Å². The Balaban J connectivity index is 2.09. The third kappa shape index (κ3) is 4.48. The van der Waals surface area contributed by atoms with E-state index in [1.807, 2.05) is 0 Å². The second-order valence-corrected chi connectivity index (χ2v) is 12.3. The number of rotatable bonds is 6. The molecule has 16 heteroatoms. The lowest BCUT2D eigenvalue weighted by Gasteiger charge is -2.43. The van der Waals surface area contributed by atoms with Crippen molar-refractivity contribution in [3.05, 3.63) is 0 Å². The van der Waals surface area contributed by atoms with E-state index in [4.69, 9.17) is 29.4 Å². The van der Waals surface area contributed by atoms with Gasteiger partial charge in [-0.25, -0.2) is 4.79 Å². The van der Waals surface area contributed by atoms with Gasteiger partial charge < -0.3 is 34.7 Å². The number of carbonyl (C=O) groups is 3. The van der Waals surface area contributed by atoms with Crippen LogP contribution in [0, 0.1) is 0 Å². The summed E-state index contributed by atoms with van der Waals surface area (Å²) in [4.78, 5) is 72.4. The zero-order chi connectivity index (χ0) is 20.9. The van der Waals surface area contributed by atoms with Crippen LogP contribution >= 0.6 is 27.0 Å². The van der Waals surface area contributed by atoms with E-state index in [1.54, 1.807) is 13.8 Å². The molecule has 0 aliphatic carbocycles. The highest BCUT2D eigenvalue weighted by Crippen LogP contribution is 2.61. The van der Waals surface area contributed by atoms with Crippen molar-refractivity contribution >= 4 is 44.9 Å². The van der Waals surface area contributed by atoms with Gasteiger partial charge in [0.25, 0.3) is 5.91 Å². The number of fused-ring (bicyclic) bond motifs is 1. The number of carbonyl (C=O) groups excluding carboxylic acids is 2. The van der Waals surface area contributed by atoms with Gasteiger partial charge in [-0.2, -0.15) is 0 Å². The Hall–Kier alpha value is -1.14. The van der Waals surface area contributed by atoms with Gasteiger partial charge in [0.05, 0.1) is 11.2 Å². The van der Waals surface area contributed by atoms with Crippen LogP contribution in [0.15, 0.2) is 0 Å². The highest BCUT2D eigenvalue weighted by molar-refractivity contribution is 8.01. The molecule has 27 heavy (non-hydrogen) atoms. The Labute approximate surface area is 156 Å². The van der Waals surface area contributed by atoms with Crippen molar-refractivity contribution < 1.29 is 52.9 Å². The molecule has 2 fully saturated rings. The predicted octanol–water partition coefficient (Wildman–Crippen LogP) is -0.743. The first-order valence-electron chi connectivity index (χ1n) is 7.35. The maximum Gasteiger partial charge on any atom is 0.507 e. The lowest BCUT2D eigenvalue weighted by molar-refractivity contribution is -0.163. The van der Waals surface area contributed by atoms with Crippen molar-refractivity contribution in [3.8, 4) is 0 Å². The van der Waals surface area contributed by atoms with Gasteiger partial charge in [0.1, 0.15) is 11.4 Å². The summed E-state index contributed by atoms with van der Waals surface area (Å²) in [6.45, 7) is 3.26. The summed E-state index contributed by atoms with van der Waals surface area (Å²) >= 11 is 1.15. The zero-order valence-electron chi connectivity index (χ0n) is 14.0. The molecule has 0 aromatic heterocycles. The largest absolute Gasteiger partial charge is 0.507 e. The Kier molecular flexibility index (Phi) is 5.77. The fraction of sp³-hybridized carbons (Fsp3) is 0.727. The third-order valence-corrected chi connectivity index (χ3v) is 9.30. The topological polar surface area (TPSA) is 211 Å². The van der Waals surface area contributed by atoms with Crippen molar-refractivity contribution in [2.24, 2.45) is 0 Å². The number of ether oxygens (including phenoxy) is 1. The third-order valence-electron chi connectivity index (χ3n) is 4.03. The second kappa shape index (κ2) is 7.03. The maximum atomic E-state index is 12.3. The van der Waals surface area contributed by atoms with Gasteiger partial charge >= 0.3 is 21.3 Å². The van der Waals surface area contributed by atoms with Crippen molar-refractivity contribution in [2.75, 3.05) is 0 Å². The van der Waals surface area contributed by atoms with Crippen LogP contribution in [0.25, 0.3) is 0 Å². The highest BCUT2D eigenvalue weighted by atomic mass is 32.2. The van der Waals surface area contributed by atoms with Crippen LogP contribution in [0.4, 0.5) is 4.79 Å². The summed E-state index contributed by atoms with van der Waals surface area (Å²) in [5.74, 6) is -1.81. The number of β-lactam (4-membered cyclic amide) rings is 1. The van der Waals surface area contributed by atoms with E-state index in [9.17, 15) is 23.5 Å². The number of amides is 2.